The van der Waals surface area contributed by atoms with Crippen LogP contribution >= 0.6 is 24.0 Å². The van der Waals surface area contributed by atoms with E-state index in [1.54, 1.807) is 12.1 Å². The zero-order chi connectivity index (χ0) is 21.1. The molecule has 1 fully saturated rings. The first-order chi connectivity index (χ1) is 14.0. The summed E-state index contributed by atoms with van der Waals surface area (Å²) in [6, 6.07) is 5.64. The first kappa shape index (κ1) is 26.9. The number of hydrogen-bond acceptors (Lipinski definition) is 4. The van der Waals surface area contributed by atoms with Crippen molar-refractivity contribution in [3.63, 3.8) is 0 Å². The first-order valence-electron chi connectivity index (χ1n) is 10.8. The molecule has 1 aliphatic heterocycles. The molecule has 8 heteroatoms. The number of benzene rings is 1. The average molecular weight is 535 g/mol. The molecule has 6 nitrogen and oxygen atoms in total. The largest absolute Gasteiger partial charge is 0.494 e. The SMILES string of the molecule is CCCCN(C)CCNC(=NC)NC1CCN(Cc2ccc(OC)c(F)c2)CC1.I. The number of rotatable bonds is 10. The third kappa shape index (κ3) is 9.34. The number of likely N-dealkylation sites (N-methyl/N-ethyl adjacent to an activating group) is 1. The van der Waals surface area contributed by atoms with E-state index in [1.807, 2.05) is 13.1 Å². The molecule has 1 heterocycles. The predicted octanol–water partition coefficient (Wildman–Crippen LogP) is 3.31. The van der Waals surface area contributed by atoms with Crippen LogP contribution in [-0.2, 0) is 6.54 Å². The van der Waals surface area contributed by atoms with Crippen molar-refractivity contribution in [2.75, 3.05) is 53.9 Å². The van der Waals surface area contributed by atoms with Crippen molar-refractivity contribution in [2.24, 2.45) is 4.99 Å². The molecule has 172 valence electrons. The summed E-state index contributed by atoms with van der Waals surface area (Å²) in [4.78, 5) is 9.09. The molecular formula is C22H39FIN5O. The Hall–Kier alpha value is -1.13. The third-order valence-corrected chi connectivity index (χ3v) is 5.45. The Morgan fingerprint density at radius 2 is 2.03 bits per heavy atom. The fourth-order valence-electron chi connectivity index (χ4n) is 3.59. The molecule has 1 aliphatic rings. The highest BCUT2D eigenvalue weighted by Crippen LogP contribution is 2.20. The Bertz CT molecular complexity index is 638. The lowest BCUT2D eigenvalue weighted by molar-refractivity contribution is 0.198. The average Bonchev–Trinajstić information content (AvgIpc) is 2.73. The molecular weight excluding hydrogens is 496 g/mol. The lowest BCUT2D eigenvalue weighted by Gasteiger charge is -2.33. The van der Waals surface area contributed by atoms with Crippen molar-refractivity contribution in [1.82, 2.24) is 20.4 Å². The maximum atomic E-state index is 13.9. The summed E-state index contributed by atoms with van der Waals surface area (Å²) in [6.07, 6.45) is 4.57. The molecule has 30 heavy (non-hydrogen) atoms. The topological polar surface area (TPSA) is 52.1 Å². The number of nitrogens with zero attached hydrogens (tertiary/aromatic N) is 3. The maximum Gasteiger partial charge on any atom is 0.191 e. The highest BCUT2D eigenvalue weighted by Gasteiger charge is 2.20. The Labute approximate surface area is 198 Å². The molecule has 0 radical (unpaired) electrons. The van der Waals surface area contributed by atoms with Crippen molar-refractivity contribution in [2.45, 2.75) is 45.2 Å². The number of piperidine rings is 1. The van der Waals surface area contributed by atoms with E-state index in [1.165, 1.54) is 20.0 Å². The summed E-state index contributed by atoms with van der Waals surface area (Å²) in [5.41, 5.74) is 0.986. The van der Waals surface area contributed by atoms with Gasteiger partial charge in [0.15, 0.2) is 17.5 Å². The molecule has 0 aliphatic carbocycles. The van der Waals surface area contributed by atoms with Gasteiger partial charge in [0.2, 0.25) is 0 Å². The molecule has 1 saturated heterocycles. The number of aliphatic imine (C=N–C) groups is 1. The van der Waals surface area contributed by atoms with Crippen LogP contribution in [0.1, 0.15) is 38.2 Å². The Morgan fingerprint density at radius 3 is 2.63 bits per heavy atom. The van der Waals surface area contributed by atoms with Crippen LogP contribution in [0.15, 0.2) is 23.2 Å². The molecule has 1 aromatic carbocycles. The minimum absolute atomic E-state index is 0. The first-order valence-corrected chi connectivity index (χ1v) is 10.8. The summed E-state index contributed by atoms with van der Waals surface area (Å²) >= 11 is 0. The van der Waals surface area contributed by atoms with Crippen molar-refractivity contribution in [3.05, 3.63) is 29.6 Å². The lowest BCUT2D eigenvalue weighted by atomic mass is 10.0. The van der Waals surface area contributed by atoms with Gasteiger partial charge < -0.3 is 20.3 Å². The summed E-state index contributed by atoms with van der Waals surface area (Å²) in [7, 11) is 5.48. The molecule has 0 spiro atoms. The summed E-state index contributed by atoms with van der Waals surface area (Å²) < 4.78 is 18.9. The molecule has 1 aromatic rings. The van der Waals surface area contributed by atoms with Gasteiger partial charge in [0.25, 0.3) is 0 Å². The van der Waals surface area contributed by atoms with Crippen LogP contribution in [0.4, 0.5) is 4.39 Å². The van der Waals surface area contributed by atoms with Gasteiger partial charge in [-0.15, -0.1) is 24.0 Å². The van der Waals surface area contributed by atoms with E-state index < -0.39 is 0 Å². The van der Waals surface area contributed by atoms with Gasteiger partial charge in [0.05, 0.1) is 7.11 Å². The van der Waals surface area contributed by atoms with Crippen LogP contribution in [-0.4, -0.2) is 75.7 Å². The highest BCUT2D eigenvalue weighted by atomic mass is 127. The van der Waals surface area contributed by atoms with Gasteiger partial charge in [-0.05, 0) is 50.6 Å². The summed E-state index contributed by atoms with van der Waals surface area (Å²) in [6.45, 7) is 8.01. The van der Waals surface area contributed by atoms with Gasteiger partial charge in [-0.25, -0.2) is 4.39 Å². The zero-order valence-corrected chi connectivity index (χ0v) is 21.2. The molecule has 0 atom stereocenters. The molecule has 0 aromatic heterocycles. The van der Waals surface area contributed by atoms with Crippen LogP contribution in [0, 0.1) is 5.82 Å². The molecule has 2 N–H and O–H groups in total. The Balaban J connectivity index is 0.00000450. The third-order valence-electron chi connectivity index (χ3n) is 5.45. The second kappa shape index (κ2) is 14.8. The number of guanidine groups is 1. The lowest BCUT2D eigenvalue weighted by Crippen LogP contribution is -2.49. The van der Waals surface area contributed by atoms with Gasteiger partial charge in [0, 0.05) is 45.8 Å². The van der Waals surface area contributed by atoms with Crippen LogP contribution in [0.2, 0.25) is 0 Å². The van der Waals surface area contributed by atoms with Gasteiger partial charge >= 0.3 is 0 Å². The molecule has 0 unspecified atom stereocenters. The smallest absolute Gasteiger partial charge is 0.191 e. The fraction of sp³-hybridized carbons (Fsp3) is 0.682. The van der Waals surface area contributed by atoms with Crippen molar-refractivity contribution >= 4 is 29.9 Å². The number of unbranched alkanes of at least 4 members (excludes halogenated alkanes) is 1. The highest BCUT2D eigenvalue weighted by molar-refractivity contribution is 14.0. The second-order valence-electron chi connectivity index (χ2n) is 7.82. The number of hydrogen-bond donors (Lipinski definition) is 2. The van der Waals surface area contributed by atoms with Crippen molar-refractivity contribution < 1.29 is 9.13 Å². The zero-order valence-electron chi connectivity index (χ0n) is 18.9. The minimum Gasteiger partial charge on any atom is -0.494 e. The number of halogens is 2. The maximum absolute atomic E-state index is 13.9. The van der Waals surface area contributed by atoms with E-state index in [0.29, 0.717) is 11.8 Å². The number of nitrogens with one attached hydrogen (secondary N) is 2. The number of ether oxygens (including phenoxy) is 1. The quantitative estimate of drug-likeness (QED) is 0.274. The van der Waals surface area contributed by atoms with Gasteiger partial charge in [0.1, 0.15) is 0 Å². The van der Waals surface area contributed by atoms with Crippen LogP contribution < -0.4 is 15.4 Å². The van der Waals surface area contributed by atoms with Crippen LogP contribution in [0.5, 0.6) is 5.75 Å². The fourth-order valence-corrected chi connectivity index (χ4v) is 3.59. The Morgan fingerprint density at radius 1 is 1.30 bits per heavy atom. The summed E-state index contributed by atoms with van der Waals surface area (Å²) in [5, 5.41) is 6.97. The molecule has 0 bridgehead atoms. The molecule has 2 rings (SSSR count). The van der Waals surface area contributed by atoms with Crippen LogP contribution in [0.3, 0.4) is 0 Å². The van der Waals surface area contributed by atoms with Gasteiger partial charge in [-0.1, -0.05) is 19.4 Å². The minimum atomic E-state index is -0.295. The van der Waals surface area contributed by atoms with E-state index in [2.05, 4.69) is 39.4 Å². The van der Waals surface area contributed by atoms with Gasteiger partial charge in [-0.3, -0.25) is 9.89 Å². The van der Waals surface area contributed by atoms with E-state index in [-0.39, 0.29) is 29.8 Å². The molecule has 0 saturated carbocycles. The predicted molar refractivity (Wildman–Crippen MR) is 134 cm³/mol. The number of likely N-dealkylation sites (tertiary alicyclic amines) is 1. The van der Waals surface area contributed by atoms with Crippen molar-refractivity contribution in [1.29, 1.82) is 0 Å². The van der Waals surface area contributed by atoms with Gasteiger partial charge in [-0.2, -0.15) is 0 Å². The van der Waals surface area contributed by atoms with E-state index >= 15 is 0 Å². The van der Waals surface area contributed by atoms with E-state index in [4.69, 9.17) is 4.74 Å². The second-order valence-corrected chi connectivity index (χ2v) is 7.82. The normalized spacial score (nSPS) is 15.7. The number of methoxy groups -OCH3 is 1. The monoisotopic (exact) mass is 535 g/mol. The molecule has 0 amide bonds. The Kier molecular flexibility index (Phi) is 13.3. The van der Waals surface area contributed by atoms with E-state index in [0.717, 1.165) is 63.6 Å². The van der Waals surface area contributed by atoms with Crippen molar-refractivity contribution in [3.8, 4) is 5.75 Å². The standard InChI is InChI=1S/C22H38FN5O.HI/c1-5-6-12-27(3)15-11-25-22(24-2)26-19-9-13-28(14-10-19)17-18-7-8-21(29-4)20(23)16-18;/h7-8,16,19H,5-6,9-15,17H2,1-4H3,(H2,24,25,26);1H. The van der Waals surface area contributed by atoms with Crippen LogP contribution in [0.25, 0.3) is 0 Å². The summed E-state index contributed by atoms with van der Waals surface area (Å²) in [5.74, 6) is 0.883. The van der Waals surface area contributed by atoms with E-state index in [9.17, 15) is 4.39 Å².